The summed E-state index contributed by atoms with van der Waals surface area (Å²) < 4.78 is 1.65. The summed E-state index contributed by atoms with van der Waals surface area (Å²) in [5.74, 6) is -0.571. The van der Waals surface area contributed by atoms with E-state index in [1.54, 1.807) is 23.0 Å². The number of aromatic nitrogens is 5. The Morgan fingerprint density at radius 3 is 2.59 bits per heavy atom. The molecule has 0 unspecified atom stereocenters. The lowest BCUT2D eigenvalue weighted by Crippen LogP contribution is -2.01. The molecule has 8 heteroatoms. The zero-order chi connectivity index (χ0) is 18.6. The van der Waals surface area contributed by atoms with Gasteiger partial charge in [0.1, 0.15) is 0 Å². The number of para-hydroxylation sites is 1. The molecule has 132 valence electrons. The first-order chi connectivity index (χ1) is 13.2. The highest BCUT2D eigenvalue weighted by Crippen LogP contribution is 2.18. The molecule has 0 atom stereocenters. The van der Waals surface area contributed by atoms with E-state index in [0.29, 0.717) is 17.1 Å². The lowest BCUT2D eigenvalue weighted by Gasteiger charge is -2.06. The summed E-state index contributed by atoms with van der Waals surface area (Å²) in [5, 5.41) is 20.0. The Kier molecular flexibility index (Phi) is 4.28. The molecule has 0 radical (unpaired) electrons. The highest BCUT2D eigenvalue weighted by molar-refractivity contribution is 5.85. The van der Waals surface area contributed by atoms with E-state index in [9.17, 15) is 4.79 Å². The number of benzene rings is 2. The fourth-order valence-electron chi connectivity index (χ4n) is 2.51. The van der Waals surface area contributed by atoms with Crippen molar-refractivity contribution in [2.75, 3.05) is 5.32 Å². The number of carbonyl (C=O) groups is 1. The van der Waals surface area contributed by atoms with Crippen LogP contribution in [0.2, 0.25) is 0 Å². The highest BCUT2D eigenvalue weighted by atomic mass is 16.4. The molecule has 2 N–H and O–H groups in total. The number of hydrogen-bond donors (Lipinski definition) is 2. The summed E-state index contributed by atoms with van der Waals surface area (Å²) in [7, 11) is 0. The van der Waals surface area contributed by atoms with E-state index < -0.39 is 5.97 Å². The highest BCUT2D eigenvalue weighted by Gasteiger charge is 2.10. The molecule has 0 saturated carbocycles. The van der Waals surface area contributed by atoms with Crippen LogP contribution in [0.15, 0.2) is 66.9 Å². The average Bonchev–Trinajstić information content (AvgIpc) is 3.11. The van der Waals surface area contributed by atoms with Gasteiger partial charge in [-0.15, -0.1) is 5.10 Å². The minimum absolute atomic E-state index is 0.413. The van der Waals surface area contributed by atoms with Gasteiger partial charge in [-0.3, -0.25) is 0 Å². The summed E-state index contributed by atoms with van der Waals surface area (Å²) in [4.78, 5) is 19.3. The van der Waals surface area contributed by atoms with E-state index in [0.717, 1.165) is 23.0 Å². The fourth-order valence-corrected chi connectivity index (χ4v) is 2.51. The first kappa shape index (κ1) is 16.4. The van der Waals surface area contributed by atoms with Crippen molar-refractivity contribution in [3.63, 3.8) is 0 Å². The summed E-state index contributed by atoms with van der Waals surface area (Å²) in [6.07, 6.45) is 4.23. The monoisotopic (exact) mass is 358 g/mol. The first-order valence-corrected chi connectivity index (χ1v) is 8.11. The molecule has 0 aliphatic heterocycles. The van der Waals surface area contributed by atoms with Crippen LogP contribution in [-0.4, -0.2) is 36.0 Å². The van der Waals surface area contributed by atoms with E-state index in [1.807, 2.05) is 42.5 Å². The lowest BCUT2D eigenvalue weighted by atomic mass is 10.2. The lowest BCUT2D eigenvalue weighted by molar-refractivity contribution is -0.131. The van der Waals surface area contributed by atoms with Gasteiger partial charge in [0, 0.05) is 11.8 Å². The van der Waals surface area contributed by atoms with E-state index >= 15 is 0 Å². The molecule has 2 aromatic carbocycles. The summed E-state index contributed by atoms with van der Waals surface area (Å²) in [5.41, 5.74) is 3.61. The number of fused-ring (bicyclic) bond motifs is 1. The van der Waals surface area contributed by atoms with Crippen molar-refractivity contribution in [3.8, 4) is 5.69 Å². The standard InChI is InChI=1S/C19H14N6O2/c26-17(27)11-8-13-6-9-14(10-7-13)21-19-20-12-16-18(22-19)25(24-23-16)15-4-2-1-3-5-15/h1-12H,(H,26,27)(H,20,21,22)/b11-8-. The number of aliphatic carboxylic acids is 1. The Labute approximate surface area is 153 Å². The van der Waals surface area contributed by atoms with Crippen LogP contribution in [0.1, 0.15) is 5.56 Å². The van der Waals surface area contributed by atoms with E-state index in [2.05, 4.69) is 25.6 Å². The molecule has 8 nitrogen and oxygen atoms in total. The van der Waals surface area contributed by atoms with Crippen molar-refractivity contribution in [1.82, 2.24) is 25.0 Å². The number of carboxylic acid groups (broad SMARTS) is 1. The molecule has 0 spiro atoms. The molecule has 0 fully saturated rings. The average molecular weight is 358 g/mol. The second-order valence-corrected chi connectivity index (χ2v) is 5.66. The molecule has 2 heterocycles. The Hall–Kier alpha value is -4.07. The van der Waals surface area contributed by atoms with Crippen molar-refractivity contribution in [2.24, 2.45) is 0 Å². The normalized spacial score (nSPS) is 11.1. The Bertz CT molecular complexity index is 1120. The van der Waals surface area contributed by atoms with Gasteiger partial charge in [-0.05, 0) is 35.9 Å². The molecule has 4 rings (SSSR count). The third-order valence-electron chi connectivity index (χ3n) is 3.78. The van der Waals surface area contributed by atoms with Gasteiger partial charge in [-0.1, -0.05) is 35.5 Å². The Morgan fingerprint density at radius 1 is 1.07 bits per heavy atom. The van der Waals surface area contributed by atoms with Crippen LogP contribution in [0.3, 0.4) is 0 Å². The molecule has 0 aliphatic rings. The van der Waals surface area contributed by atoms with Gasteiger partial charge >= 0.3 is 5.97 Å². The van der Waals surface area contributed by atoms with Crippen molar-refractivity contribution in [1.29, 1.82) is 0 Å². The SMILES string of the molecule is O=C(O)/C=C\c1ccc(Nc2ncc3nnn(-c4ccccc4)c3n2)cc1. The quantitative estimate of drug-likeness (QED) is 0.528. The van der Waals surface area contributed by atoms with Gasteiger partial charge < -0.3 is 10.4 Å². The zero-order valence-electron chi connectivity index (χ0n) is 14.0. The molecule has 0 bridgehead atoms. The third-order valence-corrected chi connectivity index (χ3v) is 3.78. The molecule has 0 amide bonds. The van der Waals surface area contributed by atoms with Crippen LogP contribution in [0.5, 0.6) is 0 Å². The maximum absolute atomic E-state index is 10.6. The molecular formula is C19H14N6O2. The topological polar surface area (TPSA) is 106 Å². The number of nitrogens with one attached hydrogen (secondary N) is 1. The van der Waals surface area contributed by atoms with Gasteiger partial charge in [0.05, 0.1) is 11.9 Å². The van der Waals surface area contributed by atoms with E-state index in [1.165, 1.54) is 6.08 Å². The van der Waals surface area contributed by atoms with Crippen molar-refractivity contribution >= 4 is 34.8 Å². The largest absolute Gasteiger partial charge is 0.478 e. The maximum atomic E-state index is 10.6. The van der Waals surface area contributed by atoms with E-state index in [-0.39, 0.29) is 0 Å². The fraction of sp³-hybridized carbons (Fsp3) is 0. The molecule has 27 heavy (non-hydrogen) atoms. The van der Waals surface area contributed by atoms with E-state index in [4.69, 9.17) is 5.11 Å². The minimum Gasteiger partial charge on any atom is -0.478 e. The number of nitrogens with zero attached hydrogens (tertiary/aromatic N) is 5. The van der Waals surface area contributed by atoms with Crippen molar-refractivity contribution in [2.45, 2.75) is 0 Å². The first-order valence-electron chi connectivity index (χ1n) is 8.11. The molecule has 4 aromatic rings. The van der Waals surface area contributed by atoms with Crippen LogP contribution >= 0.6 is 0 Å². The smallest absolute Gasteiger partial charge is 0.328 e. The van der Waals surface area contributed by atoms with Crippen LogP contribution < -0.4 is 5.32 Å². The predicted octanol–water partition coefficient (Wildman–Crippen LogP) is 3.05. The van der Waals surface area contributed by atoms with Crippen LogP contribution in [0, 0.1) is 0 Å². The molecule has 2 aromatic heterocycles. The second-order valence-electron chi connectivity index (χ2n) is 5.66. The van der Waals surface area contributed by atoms with Crippen LogP contribution in [0.4, 0.5) is 11.6 Å². The van der Waals surface area contributed by atoms with Crippen LogP contribution in [0.25, 0.3) is 22.9 Å². The maximum Gasteiger partial charge on any atom is 0.328 e. The summed E-state index contributed by atoms with van der Waals surface area (Å²) >= 11 is 0. The van der Waals surface area contributed by atoms with Gasteiger partial charge in [0.2, 0.25) is 5.95 Å². The number of carboxylic acids is 1. The Balaban J connectivity index is 1.60. The van der Waals surface area contributed by atoms with Gasteiger partial charge in [0.15, 0.2) is 11.2 Å². The zero-order valence-corrected chi connectivity index (χ0v) is 14.0. The number of rotatable bonds is 5. The Morgan fingerprint density at radius 2 is 1.85 bits per heavy atom. The van der Waals surface area contributed by atoms with Crippen molar-refractivity contribution in [3.05, 3.63) is 72.4 Å². The van der Waals surface area contributed by atoms with Gasteiger partial charge in [-0.25, -0.2) is 9.78 Å². The molecule has 0 aliphatic carbocycles. The number of anilines is 2. The minimum atomic E-state index is -0.984. The summed E-state index contributed by atoms with van der Waals surface area (Å²) in [6.45, 7) is 0. The van der Waals surface area contributed by atoms with Crippen LogP contribution in [-0.2, 0) is 4.79 Å². The summed E-state index contributed by atoms with van der Waals surface area (Å²) in [6, 6.07) is 16.9. The second kappa shape index (κ2) is 7.04. The van der Waals surface area contributed by atoms with Gasteiger partial charge in [0.25, 0.3) is 0 Å². The molecular weight excluding hydrogens is 344 g/mol. The molecule has 0 saturated heterocycles. The number of hydrogen-bond acceptors (Lipinski definition) is 6. The predicted molar refractivity (Wildman–Crippen MR) is 101 cm³/mol. The third kappa shape index (κ3) is 3.64. The van der Waals surface area contributed by atoms with Gasteiger partial charge in [-0.2, -0.15) is 9.67 Å². The van der Waals surface area contributed by atoms with Crippen molar-refractivity contribution < 1.29 is 9.90 Å².